The van der Waals surface area contributed by atoms with Gasteiger partial charge in [0.2, 0.25) is 10.0 Å². The summed E-state index contributed by atoms with van der Waals surface area (Å²) in [7, 11) is -3.51. The van der Waals surface area contributed by atoms with Gasteiger partial charge in [-0.15, -0.1) is 0 Å². The van der Waals surface area contributed by atoms with E-state index < -0.39 is 21.5 Å². The first-order valence-corrected chi connectivity index (χ1v) is 7.60. The summed E-state index contributed by atoms with van der Waals surface area (Å²) in [4.78, 5) is 11.8. The van der Waals surface area contributed by atoms with Crippen molar-refractivity contribution < 1.29 is 13.2 Å². The van der Waals surface area contributed by atoms with Crippen molar-refractivity contribution in [2.45, 2.75) is 37.6 Å². The van der Waals surface area contributed by atoms with Crippen molar-refractivity contribution in [2.75, 3.05) is 5.75 Å². The summed E-state index contributed by atoms with van der Waals surface area (Å²) in [6, 6.07) is 0. The molecule has 96 valence electrons. The summed E-state index contributed by atoms with van der Waals surface area (Å²) in [5.41, 5.74) is 4.86. The molecule has 1 aliphatic carbocycles. The molecule has 1 amide bonds. The summed E-state index contributed by atoms with van der Waals surface area (Å²) in [5, 5.41) is 0. The van der Waals surface area contributed by atoms with Crippen LogP contribution in [0.25, 0.3) is 0 Å². The van der Waals surface area contributed by atoms with Crippen molar-refractivity contribution in [1.29, 1.82) is 0 Å². The molecule has 17 heavy (non-hydrogen) atoms. The average Bonchev–Trinajstić information content (AvgIpc) is 2.88. The first kappa shape index (κ1) is 12.6. The van der Waals surface area contributed by atoms with Crippen molar-refractivity contribution >= 4 is 15.9 Å². The zero-order chi connectivity index (χ0) is 12.5. The van der Waals surface area contributed by atoms with Crippen LogP contribution in [0.4, 0.5) is 0 Å². The maximum absolute atomic E-state index is 11.8. The van der Waals surface area contributed by atoms with Gasteiger partial charge in [-0.25, -0.2) is 8.42 Å². The topological polar surface area (TPSA) is 89.3 Å². The van der Waals surface area contributed by atoms with E-state index in [0.29, 0.717) is 12.8 Å². The van der Waals surface area contributed by atoms with E-state index in [1.165, 1.54) is 0 Å². The van der Waals surface area contributed by atoms with E-state index in [1.54, 1.807) is 0 Å². The number of nitrogens with one attached hydrogen (secondary N) is 1. The number of rotatable bonds is 0. The van der Waals surface area contributed by atoms with Crippen LogP contribution in [-0.2, 0) is 14.8 Å². The Balaban J connectivity index is 2.13. The van der Waals surface area contributed by atoms with Gasteiger partial charge in [0.05, 0.1) is 5.75 Å². The minimum Gasteiger partial charge on any atom is -0.317 e. The Morgan fingerprint density at radius 3 is 2.88 bits per heavy atom. The summed E-state index contributed by atoms with van der Waals surface area (Å²) in [6.07, 6.45) is 7.86. The van der Waals surface area contributed by atoms with Gasteiger partial charge in [0, 0.05) is 5.92 Å². The highest BCUT2D eigenvalue weighted by Crippen LogP contribution is 2.42. The highest BCUT2D eigenvalue weighted by Gasteiger charge is 2.56. The number of nitrogens with two attached hydrogens (primary N) is 1. The predicted molar refractivity (Wildman–Crippen MR) is 64.6 cm³/mol. The van der Waals surface area contributed by atoms with Gasteiger partial charge in [-0.2, -0.15) is 0 Å². The molecule has 0 aromatic carbocycles. The Morgan fingerprint density at radius 2 is 2.12 bits per heavy atom. The second kappa shape index (κ2) is 4.42. The molecule has 0 aromatic rings. The summed E-state index contributed by atoms with van der Waals surface area (Å²) in [6.45, 7) is 0. The van der Waals surface area contributed by atoms with E-state index in [9.17, 15) is 13.2 Å². The predicted octanol–water partition coefficient (Wildman–Crippen LogP) is 0.280. The van der Waals surface area contributed by atoms with Crippen molar-refractivity contribution in [3.8, 4) is 0 Å². The van der Waals surface area contributed by atoms with Crippen LogP contribution in [0.3, 0.4) is 0 Å². The number of hydrogen-bond donors (Lipinski definition) is 2. The molecule has 2 atom stereocenters. The van der Waals surface area contributed by atoms with Gasteiger partial charge >= 0.3 is 0 Å². The minimum absolute atomic E-state index is 0.00318. The number of fused-ring (bicyclic) bond motifs is 1. The second-order valence-corrected chi connectivity index (χ2v) is 6.72. The minimum atomic E-state index is -3.51. The number of amides is 1. The van der Waals surface area contributed by atoms with Crippen LogP contribution >= 0.6 is 0 Å². The van der Waals surface area contributed by atoms with Crippen LogP contribution in [-0.4, -0.2) is 25.6 Å². The van der Waals surface area contributed by atoms with Gasteiger partial charge in [-0.05, 0) is 25.7 Å². The van der Waals surface area contributed by atoms with E-state index in [4.69, 9.17) is 5.73 Å². The lowest BCUT2D eigenvalue weighted by Crippen LogP contribution is -2.47. The standard InChI is InChI=1S/C11H18N2O3S/c12-11-8-9(11)6-4-2-1-3-5-7-17(15,16)13-10(11)14/h4,6,9H,1-3,5,7-8,12H2,(H,13,14)/b6-4-/t9-,11?/m1/s1. The largest absolute Gasteiger partial charge is 0.317 e. The molecule has 0 bridgehead atoms. The van der Waals surface area contributed by atoms with Crippen LogP contribution in [0.1, 0.15) is 32.1 Å². The fourth-order valence-corrected chi connectivity index (χ4v) is 3.24. The number of hydrogen-bond acceptors (Lipinski definition) is 4. The fourth-order valence-electron chi connectivity index (χ4n) is 2.08. The highest BCUT2D eigenvalue weighted by molar-refractivity contribution is 7.90. The van der Waals surface area contributed by atoms with Gasteiger partial charge in [0.1, 0.15) is 5.54 Å². The van der Waals surface area contributed by atoms with Gasteiger partial charge in [-0.3, -0.25) is 9.52 Å². The molecule has 2 rings (SSSR count). The molecule has 3 N–H and O–H groups in total. The lowest BCUT2D eigenvalue weighted by Gasteiger charge is -2.12. The van der Waals surface area contributed by atoms with Crippen molar-refractivity contribution in [1.82, 2.24) is 4.72 Å². The molecule has 1 heterocycles. The van der Waals surface area contributed by atoms with Crippen molar-refractivity contribution in [3.05, 3.63) is 12.2 Å². The van der Waals surface area contributed by atoms with Gasteiger partial charge in [0.25, 0.3) is 5.91 Å². The third-order valence-electron chi connectivity index (χ3n) is 3.38. The Morgan fingerprint density at radius 1 is 1.35 bits per heavy atom. The third kappa shape index (κ3) is 2.87. The van der Waals surface area contributed by atoms with E-state index >= 15 is 0 Å². The number of sulfonamides is 1. The summed E-state index contributed by atoms with van der Waals surface area (Å²) in [5.74, 6) is -0.576. The Bertz CT molecular complexity index is 444. The normalized spacial score (nSPS) is 39.1. The van der Waals surface area contributed by atoms with E-state index in [0.717, 1.165) is 19.3 Å². The molecule has 1 saturated carbocycles. The first-order chi connectivity index (χ1) is 7.94. The number of carbonyl (C=O) groups excluding carboxylic acids is 1. The summed E-state index contributed by atoms with van der Waals surface area (Å²) >= 11 is 0. The van der Waals surface area contributed by atoms with Crippen molar-refractivity contribution in [3.63, 3.8) is 0 Å². The third-order valence-corrected chi connectivity index (χ3v) is 4.70. The lowest BCUT2D eigenvalue weighted by molar-refractivity contribution is -0.121. The average molecular weight is 258 g/mol. The van der Waals surface area contributed by atoms with Gasteiger partial charge < -0.3 is 5.73 Å². The number of carbonyl (C=O) groups is 1. The number of allylic oxidation sites excluding steroid dienone is 1. The smallest absolute Gasteiger partial charge is 0.254 e. The SMILES string of the molecule is NC12C[C@H]1/C=C\CCCCCS(=O)(=O)NC2=O. The molecule has 5 nitrogen and oxygen atoms in total. The van der Waals surface area contributed by atoms with Crippen molar-refractivity contribution in [2.24, 2.45) is 11.7 Å². The van der Waals surface area contributed by atoms with Crippen LogP contribution in [0, 0.1) is 5.92 Å². The van der Waals surface area contributed by atoms with E-state index in [1.807, 2.05) is 12.2 Å². The molecule has 1 fully saturated rings. The molecule has 0 radical (unpaired) electrons. The van der Waals surface area contributed by atoms with Crippen LogP contribution in [0.2, 0.25) is 0 Å². The van der Waals surface area contributed by atoms with E-state index in [2.05, 4.69) is 4.72 Å². The second-order valence-electron chi connectivity index (χ2n) is 4.88. The van der Waals surface area contributed by atoms with Crippen LogP contribution < -0.4 is 10.5 Å². The van der Waals surface area contributed by atoms with Crippen LogP contribution in [0.15, 0.2) is 12.2 Å². The molecule has 6 heteroatoms. The molecular formula is C11H18N2O3S. The molecule has 1 unspecified atom stereocenters. The Kier molecular flexibility index (Phi) is 3.27. The highest BCUT2D eigenvalue weighted by atomic mass is 32.2. The maximum atomic E-state index is 11.8. The zero-order valence-electron chi connectivity index (χ0n) is 9.69. The molecule has 1 aliphatic heterocycles. The summed E-state index contributed by atoms with van der Waals surface area (Å²) < 4.78 is 25.3. The Labute approximate surface area is 101 Å². The maximum Gasteiger partial charge on any atom is 0.254 e. The van der Waals surface area contributed by atoms with E-state index in [-0.39, 0.29) is 11.7 Å². The first-order valence-electron chi connectivity index (χ1n) is 5.94. The van der Waals surface area contributed by atoms with Crippen LogP contribution in [0.5, 0.6) is 0 Å². The Hall–Kier alpha value is -0.880. The fraction of sp³-hybridized carbons (Fsp3) is 0.727. The zero-order valence-corrected chi connectivity index (χ0v) is 10.5. The molecule has 0 aromatic heterocycles. The molecule has 0 spiro atoms. The lowest BCUT2D eigenvalue weighted by atomic mass is 10.1. The quantitative estimate of drug-likeness (QED) is 0.611. The van der Waals surface area contributed by atoms with Gasteiger partial charge in [-0.1, -0.05) is 18.6 Å². The van der Waals surface area contributed by atoms with Gasteiger partial charge in [0.15, 0.2) is 0 Å². The molecule has 2 aliphatic rings. The molecular weight excluding hydrogens is 240 g/mol. The monoisotopic (exact) mass is 258 g/mol. The molecule has 0 saturated heterocycles.